The third-order valence-corrected chi connectivity index (χ3v) is 3.21. The van der Waals surface area contributed by atoms with Crippen LogP contribution in [0, 0.1) is 5.82 Å². The maximum atomic E-state index is 13.5. The minimum Gasteiger partial charge on any atom is -0.478 e. The first-order valence-electron chi connectivity index (χ1n) is 6.04. The van der Waals surface area contributed by atoms with Crippen LogP contribution in [0.5, 0.6) is 0 Å². The summed E-state index contributed by atoms with van der Waals surface area (Å²) >= 11 is 0. The third kappa shape index (κ3) is 2.88. The van der Waals surface area contributed by atoms with Crippen LogP contribution in [0.1, 0.15) is 25.3 Å². The topological polar surface area (TPSA) is 40.5 Å². The van der Waals surface area contributed by atoms with E-state index in [9.17, 15) is 9.18 Å². The van der Waals surface area contributed by atoms with E-state index in [0.717, 1.165) is 31.1 Å². The van der Waals surface area contributed by atoms with Gasteiger partial charge in [-0.15, -0.1) is 0 Å². The monoisotopic (exact) mass is 249 g/mol. The van der Waals surface area contributed by atoms with Gasteiger partial charge in [0.05, 0.1) is 0 Å². The fraction of sp³-hybridized carbons (Fsp3) is 0.357. The molecule has 0 spiro atoms. The van der Waals surface area contributed by atoms with Gasteiger partial charge in [-0.2, -0.15) is 0 Å². The Labute approximate surface area is 106 Å². The summed E-state index contributed by atoms with van der Waals surface area (Å²) in [5, 5.41) is 8.58. The summed E-state index contributed by atoms with van der Waals surface area (Å²) in [7, 11) is 0. The van der Waals surface area contributed by atoms with Crippen LogP contribution in [0.4, 0.5) is 10.1 Å². The number of hydrogen-bond donors (Lipinski definition) is 1. The van der Waals surface area contributed by atoms with E-state index in [1.54, 1.807) is 0 Å². The minimum atomic E-state index is -1.03. The fourth-order valence-corrected chi connectivity index (χ4v) is 2.34. The van der Waals surface area contributed by atoms with Crippen molar-refractivity contribution in [3.05, 3.63) is 35.7 Å². The number of nitrogens with zero attached hydrogens (tertiary/aromatic N) is 1. The van der Waals surface area contributed by atoms with Gasteiger partial charge < -0.3 is 10.0 Å². The first-order valence-corrected chi connectivity index (χ1v) is 6.04. The van der Waals surface area contributed by atoms with Crippen molar-refractivity contribution in [1.29, 1.82) is 0 Å². The molecule has 1 N–H and O–H groups in total. The van der Waals surface area contributed by atoms with Gasteiger partial charge in [0.25, 0.3) is 0 Å². The van der Waals surface area contributed by atoms with Crippen LogP contribution >= 0.6 is 0 Å². The summed E-state index contributed by atoms with van der Waals surface area (Å²) in [5.74, 6) is -1.37. The van der Waals surface area contributed by atoms with Gasteiger partial charge in [0.15, 0.2) is 0 Å². The van der Waals surface area contributed by atoms with Crippen molar-refractivity contribution < 1.29 is 14.3 Å². The fourth-order valence-electron chi connectivity index (χ4n) is 2.34. The second-order valence-electron chi connectivity index (χ2n) is 4.60. The Kier molecular flexibility index (Phi) is 3.65. The third-order valence-electron chi connectivity index (χ3n) is 3.21. The average Bonchev–Trinajstić information content (AvgIpc) is 2.72. The Morgan fingerprint density at radius 2 is 2.28 bits per heavy atom. The minimum absolute atomic E-state index is 0.336. The van der Waals surface area contributed by atoms with E-state index in [2.05, 4.69) is 11.8 Å². The van der Waals surface area contributed by atoms with Crippen LogP contribution in [0.3, 0.4) is 0 Å². The van der Waals surface area contributed by atoms with Crippen LogP contribution in [-0.4, -0.2) is 23.7 Å². The summed E-state index contributed by atoms with van der Waals surface area (Å²) in [6, 6.07) is 5.07. The highest BCUT2D eigenvalue weighted by Crippen LogP contribution is 2.27. The quantitative estimate of drug-likeness (QED) is 0.837. The normalized spacial score (nSPS) is 19.7. The molecule has 1 aromatic carbocycles. The molecule has 0 bridgehead atoms. The van der Waals surface area contributed by atoms with Crippen molar-refractivity contribution >= 4 is 17.7 Å². The SMILES string of the molecule is CC1CCCN1c1cc(F)cc(/C=C/C(=O)O)c1. The number of carboxylic acid groups (broad SMARTS) is 1. The second-order valence-corrected chi connectivity index (χ2v) is 4.60. The zero-order chi connectivity index (χ0) is 13.1. The predicted octanol–water partition coefficient (Wildman–Crippen LogP) is 2.91. The van der Waals surface area contributed by atoms with Crippen molar-refractivity contribution in [2.45, 2.75) is 25.8 Å². The van der Waals surface area contributed by atoms with E-state index in [0.29, 0.717) is 11.6 Å². The molecule has 0 radical (unpaired) electrons. The molecule has 0 aromatic heterocycles. The maximum Gasteiger partial charge on any atom is 0.328 e. The Morgan fingerprint density at radius 3 is 2.89 bits per heavy atom. The zero-order valence-corrected chi connectivity index (χ0v) is 10.3. The molecule has 1 aliphatic rings. The van der Waals surface area contributed by atoms with Gasteiger partial charge in [0, 0.05) is 24.4 Å². The number of carboxylic acids is 1. The van der Waals surface area contributed by atoms with Gasteiger partial charge in [0.1, 0.15) is 5.82 Å². The summed E-state index contributed by atoms with van der Waals surface area (Å²) in [5.41, 5.74) is 1.40. The Bertz CT molecular complexity index is 485. The van der Waals surface area contributed by atoms with Crippen LogP contribution in [0.15, 0.2) is 24.3 Å². The predicted molar refractivity (Wildman–Crippen MR) is 69.1 cm³/mol. The molecular formula is C14H16FNO2. The molecule has 2 rings (SSSR count). The molecule has 0 saturated carbocycles. The van der Waals surface area contributed by atoms with E-state index in [1.165, 1.54) is 18.2 Å². The van der Waals surface area contributed by atoms with E-state index < -0.39 is 5.97 Å². The van der Waals surface area contributed by atoms with Crippen LogP contribution in [0.2, 0.25) is 0 Å². The first kappa shape index (κ1) is 12.6. The van der Waals surface area contributed by atoms with Crippen LogP contribution in [-0.2, 0) is 4.79 Å². The number of carbonyl (C=O) groups is 1. The number of anilines is 1. The molecule has 1 fully saturated rings. The maximum absolute atomic E-state index is 13.5. The van der Waals surface area contributed by atoms with E-state index in [1.807, 2.05) is 6.07 Å². The smallest absolute Gasteiger partial charge is 0.328 e. The summed E-state index contributed by atoms with van der Waals surface area (Å²) in [6.07, 6.45) is 4.65. The Balaban J connectivity index is 2.28. The standard InChI is InChI=1S/C14H16FNO2/c1-10-3-2-6-16(10)13-8-11(4-5-14(17)18)7-12(15)9-13/h4-5,7-10H,2-3,6H2,1H3,(H,17,18)/b5-4+. The molecule has 0 amide bonds. The molecule has 18 heavy (non-hydrogen) atoms. The number of hydrogen-bond acceptors (Lipinski definition) is 2. The average molecular weight is 249 g/mol. The molecule has 1 saturated heterocycles. The number of benzene rings is 1. The van der Waals surface area contributed by atoms with E-state index in [-0.39, 0.29) is 5.82 Å². The highest BCUT2D eigenvalue weighted by Gasteiger charge is 2.20. The van der Waals surface area contributed by atoms with Crippen molar-refractivity contribution in [3.8, 4) is 0 Å². The van der Waals surface area contributed by atoms with Gasteiger partial charge in [-0.25, -0.2) is 9.18 Å². The molecular weight excluding hydrogens is 233 g/mol. The lowest BCUT2D eigenvalue weighted by Crippen LogP contribution is -2.26. The van der Waals surface area contributed by atoms with Gasteiger partial charge in [-0.1, -0.05) is 0 Å². The van der Waals surface area contributed by atoms with Crippen molar-refractivity contribution in [2.24, 2.45) is 0 Å². The molecule has 0 aliphatic carbocycles. The Morgan fingerprint density at radius 1 is 1.50 bits per heavy atom. The van der Waals surface area contributed by atoms with Gasteiger partial charge >= 0.3 is 5.97 Å². The number of rotatable bonds is 3. The van der Waals surface area contributed by atoms with Gasteiger partial charge in [-0.05, 0) is 49.6 Å². The van der Waals surface area contributed by atoms with Crippen molar-refractivity contribution in [1.82, 2.24) is 0 Å². The molecule has 96 valence electrons. The molecule has 3 nitrogen and oxygen atoms in total. The van der Waals surface area contributed by atoms with Gasteiger partial charge in [0.2, 0.25) is 0 Å². The summed E-state index contributed by atoms with van der Waals surface area (Å²) in [6.45, 7) is 3.04. The van der Waals surface area contributed by atoms with Gasteiger partial charge in [-0.3, -0.25) is 0 Å². The van der Waals surface area contributed by atoms with Crippen molar-refractivity contribution in [3.63, 3.8) is 0 Å². The molecule has 1 atom stereocenters. The van der Waals surface area contributed by atoms with Crippen LogP contribution in [0.25, 0.3) is 6.08 Å². The summed E-state index contributed by atoms with van der Waals surface area (Å²) < 4.78 is 13.5. The summed E-state index contributed by atoms with van der Waals surface area (Å²) in [4.78, 5) is 12.6. The first-order chi connectivity index (χ1) is 8.56. The number of aliphatic carboxylic acids is 1. The lowest BCUT2D eigenvalue weighted by atomic mass is 10.1. The molecule has 1 unspecified atom stereocenters. The molecule has 4 heteroatoms. The van der Waals surface area contributed by atoms with E-state index >= 15 is 0 Å². The molecule has 1 aromatic rings. The highest BCUT2D eigenvalue weighted by molar-refractivity contribution is 5.85. The Hall–Kier alpha value is -1.84. The lowest BCUT2D eigenvalue weighted by molar-refractivity contribution is -0.131. The van der Waals surface area contributed by atoms with Crippen LogP contribution < -0.4 is 4.90 Å². The highest BCUT2D eigenvalue weighted by atomic mass is 19.1. The second kappa shape index (κ2) is 5.21. The number of halogens is 1. The lowest BCUT2D eigenvalue weighted by Gasteiger charge is -2.24. The van der Waals surface area contributed by atoms with E-state index in [4.69, 9.17) is 5.11 Å². The molecule has 1 heterocycles. The largest absolute Gasteiger partial charge is 0.478 e. The molecule has 1 aliphatic heterocycles. The zero-order valence-electron chi connectivity index (χ0n) is 10.3. The van der Waals surface area contributed by atoms with Crippen molar-refractivity contribution in [2.75, 3.05) is 11.4 Å².